The molecule has 0 amide bonds. The summed E-state index contributed by atoms with van der Waals surface area (Å²) >= 11 is 0. The van der Waals surface area contributed by atoms with E-state index in [2.05, 4.69) is 0 Å². The molecular weight excluding hydrogens is 297 g/mol. The molecule has 0 spiro atoms. The van der Waals surface area contributed by atoms with Gasteiger partial charge in [0.05, 0.1) is 11.1 Å². The van der Waals surface area contributed by atoms with Crippen molar-refractivity contribution in [3.63, 3.8) is 0 Å². The number of rotatable bonds is 3. The minimum Gasteiger partial charge on any atom is -0.423 e. The molecule has 0 saturated carbocycles. The van der Waals surface area contributed by atoms with Crippen molar-refractivity contribution in [3.05, 3.63) is 65.2 Å². The minimum absolute atomic E-state index is 0.143. The van der Waals surface area contributed by atoms with Crippen LogP contribution in [0, 0.1) is 0 Å². The number of hydrogen-bond acceptors (Lipinski definition) is 3. The van der Waals surface area contributed by atoms with E-state index in [9.17, 15) is 22.8 Å². The van der Waals surface area contributed by atoms with Crippen molar-refractivity contribution in [2.45, 2.75) is 13.1 Å². The SMILES string of the molecule is CC(=O)c1ccc(OC(=O)c2cccc(C(F)(F)F)c2)cc1. The van der Waals surface area contributed by atoms with E-state index in [1.807, 2.05) is 0 Å². The molecule has 22 heavy (non-hydrogen) atoms. The summed E-state index contributed by atoms with van der Waals surface area (Å²) in [5.74, 6) is -0.898. The van der Waals surface area contributed by atoms with Gasteiger partial charge in [-0.25, -0.2) is 4.79 Å². The number of alkyl halides is 3. The zero-order valence-corrected chi connectivity index (χ0v) is 11.5. The van der Waals surface area contributed by atoms with Gasteiger partial charge in [-0.1, -0.05) is 6.07 Å². The molecule has 0 aliphatic heterocycles. The van der Waals surface area contributed by atoms with Gasteiger partial charge in [0, 0.05) is 5.56 Å². The van der Waals surface area contributed by atoms with E-state index >= 15 is 0 Å². The van der Waals surface area contributed by atoms with Crippen molar-refractivity contribution in [2.75, 3.05) is 0 Å². The van der Waals surface area contributed by atoms with Gasteiger partial charge in [0.15, 0.2) is 5.78 Å². The highest BCUT2D eigenvalue weighted by Gasteiger charge is 2.31. The number of carbonyl (C=O) groups is 2. The molecule has 0 radical (unpaired) electrons. The first-order valence-electron chi connectivity index (χ1n) is 6.28. The largest absolute Gasteiger partial charge is 0.423 e. The zero-order valence-electron chi connectivity index (χ0n) is 11.5. The van der Waals surface area contributed by atoms with Gasteiger partial charge in [-0.05, 0) is 49.4 Å². The lowest BCUT2D eigenvalue weighted by molar-refractivity contribution is -0.137. The number of hydrogen-bond donors (Lipinski definition) is 0. The van der Waals surface area contributed by atoms with Crippen LogP contribution in [0.1, 0.15) is 33.2 Å². The number of benzene rings is 2. The van der Waals surface area contributed by atoms with E-state index < -0.39 is 17.7 Å². The molecule has 0 saturated heterocycles. The maximum absolute atomic E-state index is 12.6. The fourth-order valence-corrected chi connectivity index (χ4v) is 1.75. The Bertz CT molecular complexity index is 703. The van der Waals surface area contributed by atoms with Gasteiger partial charge >= 0.3 is 12.1 Å². The molecule has 0 bridgehead atoms. The van der Waals surface area contributed by atoms with Crippen LogP contribution in [0.2, 0.25) is 0 Å². The first kappa shape index (κ1) is 15.8. The average molecular weight is 308 g/mol. The summed E-state index contributed by atoms with van der Waals surface area (Å²) in [6.45, 7) is 1.39. The maximum Gasteiger partial charge on any atom is 0.416 e. The molecule has 0 N–H and O–H groups in total. The Balaban J connectivity index is 2.17. The number of ether oxygens (including phenoxy) is 1. The van der Waals surface area contributed by atoms with Gasteiger partial charge in [0.1, 0.15) is 5.75 Å². The fourth-order valence-electron chi connectivity index (χ4n) is 1.75. The molecule has 0 unspecified atom stereocenters. The maximum atomic E-state index is 12.6. The Morgan fingerprint density at radius 3 is 2.14 bits per heavy atom. The molecule has 0 atom stereocenters. The zero-order chi connectivity index (χ0) is 16.3. The molecule has 0 aromatic heterocycles. The van der Waals surface area contributed by atoms with Crippen LogP contribution in [-0.4, -0.2) is 11.8 Å². The second kappa shape index (κ2) is 6.01. The predicted octanol–water partition coefficient (Wildman–Crippen LogP) is 4.13. The van der Waals surface area contributed by atoms with Crippen LogP contribution in [0.25, 0.3) is 0 Å². The van der Waals surface area contributed by atoms with Crippen LogP contribution in [0.3, 0.4) is 0 Å². The van der Waals surface area contributed by atoms with Crippen LogP contribution in [-0.2, 0) is 6.18 Å². The highest BCUT2D eigenvalue weighted by molar-refractivity contribution is 5.94. The Morgan fingerprint density at radius 2 is 1.59 bits per heavy atom. The Kier molecular flexibility index (Phi) is 4.30. The lowest BCUT2D eigenvalue weighted by Gasteiger charge is -2.09. The van der Waals surface area contributed by atoms with Crippen LogP contribution >= 0.6 is 0 Å². The van der Waals surface area contributed by atoms with Crippen molar-refractivity contribution < 1.29 is 27.5 Å². The van der Waals surface area contributed by atoms with Gasteiger partial charge in [0.2, 0.25) is 0 Å². The molecular formula is C16H11F3O3. The monoisotopic (exact) mass is 308 g/mol. The first-order chi connectivity index (χ1) is 10.3. The number of esters is 1. The van der Waals surface area contributed by atoms with Gasteiger partial charge in [-0.3, -0.25) is 4.79 Å². The first-order valence-corrected chi connectivity index (χ1v) is 6.28. The molecule has 114 valence electrons. The molecule has 6 heteroatoms. The highest BCUT2D eigenvalue weighted by Crippen LogP contribution is 2.29. The quantitative estimate of drug-likeness (QED) is 0.486. The Hall–Kier alpha value is -2.63. The molecule has 0 aliphatic carbocycles. The highest BCUT2D eigenvalue weighted by atomic mass is 19.4. The number of carbonyl (C=O) groups excluding carboxylic acids is 2. The third-order valence-electron chi connectivity index (χ3n) is 2.90. The van der Waals surface area contributed by atoms with Gasteiger partial charge < -0.3 is 4.74 Å². The topological polar surface area (TPSA) is 43.4 Å². The second-order valence-electron chi connectivity index (χ2n) is 4.55. The van der Waals surface area contributed by atoms with Crippen LogP contribution < -0.4 is 4.74 Å². The van der Waals surface area contributed by atoms with Gasteiger partial charge in [-0.2, -0.15) is 13.2 Å². The molecule has 0 fully saturated rings. The summed E-state index contributed by atoms with van der Waals surface area (Å²) in [4.78, 5) is 23.0. The lowest BCUT2D eigenvalue weighted by Crippen LogP contribution is -2.11. The van der Waals surface area contributed by atoms with E-state index in [-0.39, 0.29) is 17.1 Å². The lowest BCUT2D eigenvalue weighted by atomic mass is 10.1. The summed E-state index contributed by atoms with van der Waals surface area (Å²) in [5, 5.41) is 0. The van der Waals surface area contributed by atoms with Crippen molar-refractivity contribution in [1.29, 1.82) is 0 Å². The predicted molar refractivity (Wildman–Crippen MR) is 72.8 cm³/mol. The van der Waals surface area contributed by atoms with E-state index in [1.54, 1.807) is 0 Å². The summed E-state index contributed by atoms with van der Waals surface area (Å²) in [5.41, 5.74) is -0.682. The normalized spacial score (nSPS) is 11.1. The molecule has 0 heterocycles. The Labute approximate surface area is 124 Å². The number of Topliss-reactive ketones (excluding diaryl/α,β-unsaturated/α-hetero) is 1. The minimum atomic E-state index is -4.53. The van der Waals surface area contributed by atoms with E-state index in [0.29, 0.717) is 5.56 Å². The molecule has 2 rings (SSSR count). The van der Waals surface area contributed by atoms with Crippen molar-refractivity contribution in [3.8, 4) is 5.75 Å². The van der Waals surface area contributed by atoms with E-state index in [1.165, 1.54) is 37.3 Å². The second-order valence-corrected chi connectivity index (χ2v) is 4.55. The summed E-state index contributed by atoms with van der Waals surface area (Å²) in [6, 6.07) is 9.73. The van der Waals surface area contributed by atoms with E-state index in [0.717, 1.165) is 18.2 Å². The molecule has 2 aromatic rings. The third kappa shape index (κ3) is 3.72. The fraction of sp³-hybridized carbons (Fsp3) is 0.125. The number of ketones is 1. The summed E-state index contributed by atoms with van der Waals surface area (Å²) in [7, 11) is 0. The molecule has 0 aliphatic rings. The van der Waals surface area contributed by atoms with Crippen LogP contribution in [0.4, 0.5) is 13.2 Å². The Morgan fingerprint density at radius 1 is 0.955 bits per heavy atom. The van der Waals surface area contributed by atoms with Gasteiger partial charge in [-0.15, -0.1) is 0 Å². The summed E-state index contributed by atoms with van der Waals surface area (Å²) in [6.07, 6.45) is -4.53. The van der Waals surface area contributed by atoms with Crippen LogP contribution in [0.15, 0.2) is 48.5 Å². The summed E-state index contributed by atoms with van der Waals surface area (Å²) < 4.78 is 42.8. The van der Waals surface area contributed by atoms with Crippen molar-refractivity contribution in [2.24, 2.45) is 0 Å². The van der Waals surface area contributed by atoms with Crippen LogP contribution in [0.5, 0.6) is 5.75 Å². The van der Waals surface area contributed by atoms with Crippen molar-refractivity contribution >= 4 is 11.8 Å². The standard InChI is InChI=1S/C16H11F3O3/c1-10(20)11-5-7-14(8-6-11)22-15(21)12-3-2-4-13(9-12)16(17,18)19/h2-9H,1H3. The van der Waals surface area contributed by atoms with Crippen molar-refractivity contribution in [1.82, 2.24) is 0 Å². The third-order valence-corrected chi connectivity index (χ3v) is 2.90. The van der Waals surface area contributed by atoms with Gasteiger partial charge in [0.25, 0.3) is 0 Å². The smallest absolute Gasteiger partial charge is 0.416 e. The number of halogens is 3. The average Bonchev–Trinajstić information content (AvgIpc) is 2.47. The molecule has 2 aromatic carbocycles. The van der Waals surface area contributed by atoms with E-state index in [4.69, 9.17) is 4.74 Å². The molecule has 3 nitrogen and oxygen atoms in total.